The number of halogens is 3. The van der Waals surface area contributed by atoms with Gasteiger partial charge in [-0.3, -0.25) is 9.48 Å². The van der Waals surface area contributed by atoms with Crippen LogP contribution in [0.15, 0.2) is 14.3 Å². The monoisotopic (exact) mass is 438 g/mol. The first kappa shape index (κ1) is 16.2. The van der Waals surface area contributed by atoms with Gasteiger partial charge in [-0.2, -0.15) is 5.10 Å². The predicted octanol–water partition coefficient (Wildman–Crippen LogP) is 5.13. The summed E-state index contributed by atoms with van der Waals surface area (Å²) < 4.78 is 3.64. The number of ketones is 1. The van der Waals surface area contributed by atoms with E-state index in [1.165, 1.54) is 11.3 Å². The molecule has 108 valence electrons. The summed E-state index contributed by atoms with van der Waals surface area (Å²) in [7, 11) is 0. The maximum absolute atomic E-state index is 12.4. The Morgan fingerprint density at radius 1 is 1.45 bits per heavy atom. The van der Waals surface area contributed by atoms with E-state index in [4.69, 9.17) is 11.6 Å². The van der Waals surface area contributed by atoms with Crippen LogP contribution in [0.4, 0.5) is 0 Å². The molecular weight excluding hydrogens is 427 g/mol. The van der Waals surface area contributed by atoms with E-state index in [9.17, 15) is 4.79 Å². The van der Waals surface area contributed by atoms with Crippen LogP contribution in [0.2, 0.25) is 5.02 Å². The van der Waals surface area contributed by atoms with Gasteiger partial charge in [-0.05, 0) is 51.3 Å². The van der Waals surface area contributed by atoms with E-state index in [1.807, 2.05) is 24.6 Å². The topological polar surface area (TPSA) is 34.9 Å². The molecule has 0 unspecified atom stereocenters. The van der Waals surface area contributed by atoms with Crippen LogP contribution in [0.3, 0.4) is 0 Å². The summed E-state index contributed by atoms with van der Waals surface area (Å²) in [6.07, 6.45) is 1.04. The van der Waals surface area contributed by atoms with Crippen LogP contribution in [-0.2, 0) is 19.4 Å². The highest BCUT2D eigenvalue weighted by molar-refractivity contribution is 9.13. The minimum atomic E-state index is 0.0561. The zero-order valence-corrected chi connectivity index (χ0v) is 15.8. The Bertz CT molecular complexity index is 632. The third-order valence-electron chi connectivity index (χ3n) is 2.94. The molecule has 0 bridgehead atoms. The van der Waals surface area contributed by atoms with Crippen LogP contribution in [-0.4, -0.2) is 15.6 Å². The van der Waals surface area contributed by atoms with Gasteiger partial charge >= 0.3 is 0 Å². The van der Waals surface area contributed by atoms with E-state index in [1.54, 1.807) is 0 Å². The van der Waals surface area contributed by atoms with Crippen molar-refractivity contribution in [1.29, 1.82) is 0 Å². The summed E-state index contributed by atoms with van der Waals surface area (Å²) in [6.45, 7) is 4.71. The molecule has 0 radical (unpaired) electrons. The number of hydrogen-bond acceptors (Lipinski definition) is 3. The van der Waals surface area contributed by atoms with E-state index in [2.05, 4.69) is 37.0 Å². The third kappa shape index (κ3) is 3.18. The summed E-state index contributed by atoms with van der Waals surface area (Å²) in [5.74, 6) is 0.0561. The molecule has 3 nitrogen and oxygen atoms in total. The Labute approximate surface area is 143 Å². The molecule has 2 rings (SSSR count). The summed E-state index contributed by atoms with van der Waals surface area (Å²) in [6, 6.07) is 1.83. The van der Waals surface area contributed by atoms with Gasteiger partial charge in [-0.1, -0.05) is 18.5 Å². The lowest BCUT2D eigenvalue weighted by Crippen LogP contribution is -2.09. The van der Waals surface area contributed by atoms with Crippen molar-refractivity contribution in [1.82, 2.24) is 9.78 Å². The summed E-state index contributed by atoms with van der Waals surface area (Å²) >= 11 is 14.5. The highest BCUT2D eigenvalue weighted by Gasteiger charge is 2.19. The van der Waals surface area contributed by atoms with Gasteiger partial charge in [0.2, 0.25) is 0 Å². The van der Waals surface area contributed by atoms with Crippen LogP contribution < -0.4 is 0 Å². The lowest BCUT2D eigenvalue weighted by Gasteiger charge is -2.03. The fraction of sp³-hybridized carbons (Fsp3) is 0.385. The smallest absolute Gasteiger partial charge is 0.178 e. The van der Waals surface area contributed by atoms with E-state index < -0.39 is 0 Å². The second kappa shape index (κ2) is 6.73. The molecule has 0 aliphatic heterocycles. The van der Waals surface area contributed by atoms with Gasteiger partial charge in [-0.25, -0.2) is 0 Å². The van der Waals surface area contributed by atoms with Gasteiger partial charge in [0.15, 0.2) is 5.78 Å². The Morgan fingerprint density at radius 2 is 2.15 bits per heavy atom. The molecule has 0 aliphatic carbocycles. The first-order valence-corrected chi connectivity index (χ1v) is 8.98. The zero-order valence-electron chi connectivity index (χ0n) is 11.0. The molecule has 7 heteroatoms. The van der Waals surface area contributed by atoms with Crippen molar-refractivity contribution in [2.75, 3.05) is 0 Å². The van der Waals surface area contributed by atoms with Crippen molar-refractivity contribution in [2.45, 2.75) is 33.2 Å². The Kier molecular flexibility index (Phi) is 5.45. The fourth-order valence-corrected chi connectivity index (χ4v) is 4.22. The molecule has 0 atom stereocenters. The second-order valence-electron chi connectivity index (χ2n) is 4.21. The molecular formula is C13H13Br2ClN2OS. The number of thiophene rings is 1. The van der Waals surface area contributed by atoms with Gasteiger partial charge in [0.05, 0.1) is 31.5 Å². The van der Waals surface area contributed by atoms with Gasteiger partial charge in [0, 0.05) is 11.0 Å². The van der Waals surface area contributed by atoms with Crippen molar-refractivity contribution in [2.24, 2.45) is 0 Å². The SMILES string of the molecule is CCc1nn(CC)c(CC(=O)c2cc(Br)c(Br)s2)c1Cl. The zero-order chi connectivity index (χ0) is 14.9. The minimum Gasteiger partial charge on any atom is -0.293 e. The van der Waals surface area contributed by atoms with Crippen molar-refractivity contribution in [3.8, 4) is 0 Å². The quantitative estimate of drug-likeness (QED) is 0.604. The average Bonchev–Trinajstić information content (AvgIpc) is 2.92. The normalized spacial score (nSPS) is 11.1. The van der Waals surface area contributed by atoms with Gasteiger partial charge in [-0.15, -0.1) is 11.3 Å². The summed E-state index contributed by atoms with van der Waals surface area (Å²) in [5.41, 5.74) is 1.65. The van der Waals surface area contributed by atoms with Gasteiger partial charge in [0.1, 0.15) is 0 Å². The van der Waals surface area contributed by atoms with E-state index in [0.717, 1.165) is 26.1 Å². The molecule has 0 saturated heterocycles. The van der Waals surface area contributed by atoms with Crippen LogP contribution in [0.1, 0.15) is 34.9 Å². The van der Waals surface area contributed by atoms with Crippen molar-refractivity contribution < 1.29 is 4.79 Å². The molecule has 0 N–H and O–H groups in total. The fourth-order valence-electron chi connectivity index (χ4n) is 1.91. The predicted molar refractivity (Wildman–Crippen MR) is 90.0 cm³/mol. The third-order valence-corrected chi connectivity index (χ3v) is 6.68. The number of rotatable bonds is 5. The van der Waals surface area contributed by atoms with Crippen molar-refractivity contribution in [3.05, 3.63) is 35.6 Å². The van der Waals surface area contributed by atoms with Crippen molar-refractivity contribution in [3.63, 3.8) is 0 Å². The molecule has 20 heavy (non-hydrogen) atoms. The number of nitrogens with zero attached hydrogens (tertiary/aromatic N) is 2. The average molecular weight is 441 g/mol. The van der Waals surface area contributed by atoms with Gasteiger partial charge in [0.25, 0.3) is 0 Å². The molecule has 2 aromatic rings. The highest BCUT2D eigenvalue weighted by Crippen LogP contribution is 2.33. The number of carbonyl (C=O) groups excluding carboxylic acids is 1. The molecule has 2 heterocycles. The van der Waals surface area contributed by atoms with E-state index in [0.29, 0.717) is 16.4 Å². The van der Waals surface area contributed by atoms with E-state index >= 15 is 0 Å². The molecule has 0 aromatic carbocycles. The van der Waals surface area contributed by atoms with Crippen LogP contribution in [0.25, 0.3) is 0 Å². The lowest BCUT2D eigenvalue weighted by molar-refractivity contribution is 0.0994. The molecule has 0 saturated carbocycles. The van der Waals surface area contributed by atoms with E-state index in [-0.39, 0.29) is 12.2 Å². The molecule has 0 aliphatic rings. The number of aromatic nitrogens is 2. The summed E-state index contributed by atoms with van der Waals surface area (Å²) in [4.78, 5) is 13.1. The molecule has 0 fully saturated rings. The maximum atomic E-state index is 12.4. The Balaban J connectivity index is 2.29. The minimum absolute atomic E-state index is 0.0561. The number of hydrogen-bond donors (Lipinski definition) is 0. The largest absolute Gasteiger partial charge is 0.293 e. The van der Waals surface area contributed by atoms with Crippen LogP contribution >= 0.6 is 54.8 Å². The lowest BCUT2D eigenvalue weighted by atomic mass is 10.1. The molecule has 0 spiro atoms. The van der Waals surface area contributed by atoms with Crippen molar-refractivity contribution >= 4 is 60.6 Å². The standard InChI is InChI=1S/C13H13Br2ClN2OS/c1-3-8-12(16)9(18(4-2)17-8)6-10(19)11-5-7(14)13(15)20-11/h5H,3-4,6H2,1-2H3. The summed E-state index contributed by atoms with van der Waals surface area (Å²) in [5, 5.41) is 5.06. The first-order chi connectivity index (χ1) is 9.47. The maximum Gasteiger partial charge on any atom is 0.178 e. The van der Waals surface area contributed by atoms with Gasteiger partial charge < -0.3 is 0 Å². The number of Topliss-reactive ketones (excluding diaryl/α,β-unsaturated/α-hetero) is 1. The Hall–Kier alpha value is -0.170. The molecule has 0 amide bonds. The second-order valence-corrected chi connectivity index (χ2v) is 7.81. The highest BCUT2D eigenvalue weighted by atomic mass is 79.9. The van der Waals surface area contributed by atoms with Crippen LogP contribution in [0, 0.1) is 0 Å². The number of aryl methyl sites for hydroxylation is 2. The first-order valence-electron chi connectivity index (χ1n) is 6.19. The Morgan fingerprint density at radius 3 is 2.65 bits per heavy atom. The van der Waals surface area contributed by atoms with Crippen LogP contribution in [0.5, 0.6) is 0 Å². The number of carbonyl (C=O) groups is 1. The molecule has 2 aromatic heterocycles.